The van der Waals surface area contributed by atoms with Crippen molar-refractivity contribution in [2.24, 2.45) is 11.8 Å². The second kappa shape index (κ2) is 7.54. The molecule has 0 heterocycles. The number of carbonyl (C=O) groups is 2. The number of nitrogen functional groups attached to an aromatic ring is 1. The number of anilines is 3. The molecular formula is C22H22N2O6S. The molecule has 2 aliphatic rings. The minimum Gasteiger partial charge on any atom is -0.495 e. The van der Waals surface area contributed by atoms with Crippen molar-refractivity contribution in [2.75, 3.05) is 18.2 Å². The highest BCUT2D eigenvalue weighted by Gasteiger charge is 2.43. The van der Waals surface area contributed by atoms with Gasteiger partial charge in [0.05, 0.1) is 52.0 Å². The Hall–Kier alpha value is -3.11. The van der Waals surface area contributed by atoms with Crippen LogP contribution in [0.3, 0.4) is 0 Å². The number of nitrogens with two attached hydrogens (primary N) is 1. The predicted octanol–water partition coefficient (Wildman–Crippen LogP) is 4.65. The lowest BCUT2D eigenvalue weighted by atomic mass is 9.71. The number of aryl methyl sites for hydroxylation is 1. The number of hydrogen-bond acceptors (Lipinski definition) is 8. The summed E-state index contributed by atoms with van der Waals surface area (Å²) in [6.07, 6.45) is 6.66. The van der Waals surface area contributed by atoms with Gasteiger partial charge in [0, 0.05) is 0 Å². The Morgan fingerprint density at radius 2 is 1.58 bits per heavy atom. The molecular weight excluding hydrogens is 420 g/mol. The van der Waals surface area contributed by atoms with E-state index < -0.39 is 33.4 Å². The molecule has 0 fully saturated rings. The van der Waals surface area contributed by atoms with E-state index in [1.807, 2.05) is 13.0 Å². The molecule has 0 unspecified atom stereocenters. The highest BCUT2D eigenvalue weighted by atomic mass is 32.3. The molecule has 0 aromatic heterocycles. The van der Waals surface area contributed by atoms with Crippen LogP contribution in [0.4, 0.5) is 17.1 Å². The second-order valence-corrected chi connectivity index (χ2v) is 8.96. The Morgan fingerprint density at radius 3 is 2.16 bits per heavy atom. The zero-order valence-corrected chi connectivity index (χ0v) is 17.6. The molecule has 8 nitrogen and oxygen atoms in total. The molecule has 0 saturated carbocycles. The third-order valence-electron chi connectivity index (χ3n) is 5.48. The number of ether oxygens (including phenoxy) is 1. The summed E-state index contributed by atoms with van der Waals surface area (Å²) in [5.41, 5.74) is 7.19. The van der Waals surface area contributed by atoms with Crippen molar-refractivity contribution >= 4 is 39.5 Å². The van der Waals surface area contributed by atoms with E-state index in [2.05, 4.69) is 5.32 Å². The van der Waals surface area contributed by atoms with Gasteiger partial charge in [-0.05, 0) is 30.7 Å². The molecule has 0 saturated heterocycles. The first-order chi connectivity index (χ1) is 14.6. The number of hydrogen-bond donors (Lipinski definition) is 5. The first kappa shape index (κ1) is 21.1. The van der Waals surface area contributed by atoms with Gasteiger partial charge >= 0.3 is 0 Å². The number of ketones is 2. The zero-order chi connectivity index (χ0) is 22.5. The third-order valence-corrected chi connectivity index (χ3v) is 6.41. The van der Waals surface area contributed by atoms with E-state index in [0.717, 1.165) is 5.56 Å². The minimum atomic E-state index is -4.27. The van der Waals surface area contributed by atoms with E-state index in [0.29, 0.717) is 11.4 Å². The Bertz CT molecular complexity index is 1170. The average Bonchev–Trinajstić information content (AvgIpc) is 2.72. The van der Waals surface area contributed by atoms with Gasteiger partial charge in [-0.1, -0.05) is 30.4 Å². The molecule has 0 radical (unpaired) electrons. The average molecular weight is 442 g/mol. The summed E-state index contributed by atoms with van der Waals surface area (Å²) in [5.74, 6) is -1.72. The Balaban J connectivity index is 1.98. The van der Waals surface area contributed by atoms with Gasteiger partial charge in [-0.2, -0.15) is 0 Å². The monoisotopic (exact) mass is 442 g/mol. The van der Waals surface area contributed by atoms with Crippen LogP contribution in [0.15, 0.2) is 53.5 Å². The van der Waals surface area contributed by atoms with Crippen molar-refractivity contribution < 1.29 is 28.0 Å². The minimum absolute atomic E-state index is 0.0414. The van der Waals surface area contributed by atoms with Crippen molar-refractivity contribution in [3.63, 3.8) is 0 Å². The summed E-state index contributed by atoms with van der Waals surface area (Å²) >= 11 is 0. The van der Waals surface area contributed by atoms with E-state index in [-0.39, 0.29) is 28.3 Å². The first-order valence-corrected chi connectivity index (χ1v) is 11.0. The van der Waals surface area contributed by atoms with Crippen LogP contribution < -0.4 is 15.8 Å². The Kier molecular flexibility index (Phi) is 5.14. The number of allylic oxidation sites excluding steroid dienone is 4. The van der Waals surface area contributed by atoms with Crippen LogP contribution in [0.5, 0.6) is 5.75 Å². The fraction of sp³-hybridized carbons (Fsp3) is 0.182. The quantitative estimate of drug-likeness (QED) is 0.431. The molecule has 2 atom stereocenters. The van der Waals surface area contributed by atoms with Gasteiger partial charge in [0.2, 0.25) is 0 Å². The van der Waals surface area contributed by atoms with Gasteiger partial charge < -0.3 is 29.4 Å². The summed E-state index contributed by atoms with van der Waals surface area (Å²) in [4.78, 5) is 26.2. The van der Waals surface area contributed by atoms with Crippen LogP contribution in [0.2, 0.25) is 0 Å². The number of nitrogens with one attached hydrogen (secondary N) is 1. The van der Waals surface area contributed by atoms with Crippen LogP contribution in [0, 0.1) is 18.8 Å². The smallest absolute Gasteiger partial charge is 0.173 e. The maximum atomic E-state index is 13.4. The van der Waals surface area contributed by atoms with Crippen LogP contribution >= 0.6 is 10.9 Å². The number of rotatable bonds is 4. The first-order valence-electron chi connectivity index (χ1n) is 9.45. The number of fused-ring (bicyclic) bond motifs is 2. The lowest BCUT2D eigenvalue weighted by molar-refractivity contribution is 0.0802. The van der Waals surface area contributed by atoms with Gasteiger partial charge in [-0.3, -0.25) is 9.59 Å². The zero-order valence-electron chi connectivity index (χ0n) is 16.8. The maximum Gasteiger partial charge on any atom is 0.173 e. The molecule has 9 heteroatoms. The molecule has 2 aliphatic carbocycles. The summed E-state index contributed by atoms with van der Waals surface area (Å²) in [5, 5.41) is 3.06. The van der Waals surface area contributed by atoms with E-state index in [9.17, 15) is 23.2 Å². The standard InChI is InChI=1S/C22H22N2O6S/c1-11-7-8-16(30-2)14(9-11)24-15-10-17(31(27,28)29)20(23)19-18(15)21(25)12-5-3-4-6-13(12)22(19)26/h3-10,12-13,24,27-29H,23H2,1-2H3/t12-,13-/m0/s1. The molecule has 0 amide bonds. The number of methoxy groups -OCH3 is 1. The summed E-state index contributed by atoms with van der Waals surface area (Å²) in [6, 6.07) is 6.55. The van der Waals surface area contributed by atoms with E-state index in [4.69, 9.17) is 10.5 Å². The molecule has 0 spiro atoms. The topological polar surface area (TPSA) is 142 Å². The van der Waals surface area contributed by atoms with Crippen molar-refractivity contribution in [1.82, 2.24) is 0 Å². The molecule has 31 heavy (non-hydrogen) atoms. The van der Waals surface area contributed by atoms with E-state index >= 15 is 0 Å². The Morgan fingerprint density at radius 1 is 0.968 bits per heavy atom. The van der Waals surface area contributed by atoms with Crippen molar-refractivity contribution in [2.45, 2.75) is 11.8 Å². The number of carbonyl (C=O) groups excluding carboxylic acids is 2. The highest BCUT2D eigenvalue weighted by Crippen LogP contribution is 2.52. The second-order valence-electron chi connectivity index (χ2n) is 7.48. The molecule has 162 valence electrons. The molecule has 2 aromatic rings. The van der Waals surface area contributed by atoms with Gasteiger partial charge in [0.1, 0.15) is 16.6 Å². The summed E-state index contributed by atoms with van der Waals surface area (Å²) < 4.78 is 35.2. The highest BCUT2D eigenvalue weighted by molar-refractivity contribution is 8.19. The van der Waals surface area contributed by atoms with Crippen molar-refractivity contribution in [3.8, 4) is 5.75 Å². The molecule has 0 aliphatic heterocycles. The summed E-state index contributed by atoms with van der Waals surface area (Å²) in [7, 11) is -2.78. The largest absolute Gasteiger partial charge is 0.495 e. The molecule has 6 N–H and O–H groups in total. The van der Waals surface area contributed by atoms with Crippen molar-refractivity contribution in [3.05, 3.63) is 65.3 Å². The normalized spacial score (nSPS) is 20.3. The predicted molar refractivity (Wildman–Crippen MR) is 120 cm³/mol. The van der Waals surface area contributed by atoms with Gasteiger partial charge in [0.25, 0.3) is 0 Å². The van der Waals surface area contributed by atoms with Crippen LogP contribution in [0.25, 0.3) is 0 Å². The van der Waals surface area contributed by atoms with Crippen LogP contribution in [0.1, 0.15) is 26.3 Å². The lowest BCUT2D eigenvalue weighted by Crippen LogP contribution is -2.36. The van der Waals surface area contributed by atoms with Crippen LogP contribution in [-0.2, 0) is 0 Å². The molecule has 4 rings (SSSR count). The van der Waals surface area contributed by atoms with E-state index in [1.165, 1.54) is 13.2 Å². The van der Waals surface area contributed by atoms with Gasteiger partial charge in [0.15, 0.2) is 11.6 Å². The van der Waals surface area contributed by atoms with Crippen LogP contribution in [-0.4, -0.2) is 32.3 Å². The molecule has 0 bridgehead atoms. The SMILES string of the molecule is COc1ccc(C)cc1Nc1cc(S(O)(O)O)c(N)c2c1C(=O)[C@H]1C=CC=C[C@@H]1C2=O. The van der Waals surface area contributed by atoms with E-state index in [1.54, 1.807) is 36.4 Å². The van der Waals surface area contributed by atoms with Crippen molar-refractivity contribution in [1.29, 1.82) is 0 Å². The Labute approximate surface area is 180 Å². The summed E-state index contributed by atoms with van der Waals surface area (Å²) in [6.45, 7) is 1.87. The molecule has 2 aromatic carbocycles. The lowest BCUT2D eigenvalue weighted by Gasteiger charge is -2.33. The van der Waals surface area contributed by atoms with Gasteiger partial charge in [-0.15, -0.1) is 0 Å². The van der Waals surface area contributed by atoms with Gasteiger partial charge in [-0.25, -0.2) is 0 Å². The number of benzene rings is 2. The third kappa shape index (κ3) is 3.51. The number of Topliss-reactive ketones (excluding diaryl/α,β-unsaturated/α-hetero) is 2. The maximum absolute atomic E-state index is 13.4. The fourth-order valence-corrected chi connectivity index (χ4v) is 4.69. The fourth-order valence-electron chi connectivity index (χ4n) is 4.02.